The van der Waals surface area contributed by atoms with Crippen molar-refractivity contribution in [3.05, 3.63) is 47.7 Å². The highest BCUT2D eigenvalue weighted by molar-refractivity contribution is 5.89. The predicted octanol–water partition coefficient (Wildman–Crippen LogP) is 4.38. The van der Waals surface area contributed by atoms with Gasteiger partial charge in [-0.1, -0.05) is 51.0 Å². The van der Waals surface area contributed by atoms with Crippen LogP contribution in [0, 0.1) is 11.8 Å². The van der Waals surface area contributed by atoms with Crippen molar-refractivity contribution < 1.29 is 9.53 Å². The molecule has 0 radical (unpaired) electrons. The Balaban J connectivity index is 1.27. The molecule has 3 fully saturated rings. The molecule has 2 saturated heterocycles. The summed E-state index contributed by atoms with van der Waals surface area (Å²) in [6.45, 7) is 11.1. The fourth-order valence-corrected chi connectivity index (χ4v) is 5.19. The number of anilines is 2. The van der Waals surface area contributed by atoms with Crippen molar-refractivity contribution in [1.29, 1.82) is 0 Å². The van der Waals surface area contributed by atoms with E-state index in [9.17, 15) is 4.79 Å². The minimum atomic E-state index is -0.345. The Hall–Kier alpha value is -2.71. The number of carbonyl (C=O) groups is 1. The molecule has 1 aliphatic carbocycles. The second-order valence-electron chi connectivity index (χ2n) is 10.5. The molecule has 8 heteroatoms. The summed E-state index contributed by atoms with van der Waals surface area (Å²) in [6, 6.07) is 11.3. The van der Waals surface area contributed by atoms with Crippen LogP contribution in [0.15, 0.2) is 36.5 Å². The Bertz CT molecular complexity index is 1000. The van der Waals surface area contributed by atoms with E-state index in [2.05, 4.69) is 70.5 Å². The molecular formula is C27H38N6O2. The van der Waals surface area contributed by atoms with E-state index in [4.69, 9.17) is 4.74 Å². The maximum atomic E-state index is 12.3. The summed E-state index contributed by atoms with van der Waals surface area (Å²) in [4.78, 5) is 25.7. The molecule has 3 heterocycles. The van der Waals surface area contributed by atoms with E-state index in [1.165, 1.54) is 30.4 Å². The van der Waals surface area contributed by atoms with Gasteiger partial charge < -0.3 is 15.4 Å². The summed E-state index contributed by atoms with van der Waals surface area (Å²) in [5.41, 5.74) is 2.61. The summed E-state index contributed by atoms with van der Waals surface area (Å²) in [5, 5.41) is 6.89. The van der Waals surface area contributed by atoms with Crippen LogP contribution >= 0.6 is 0 Å². The molecule has 2 aliphatic heterocycles. The molecule has 35 heavy (non-hydrogen) atoms. The van der Waals surface area contributed by atoms with Gasteiger partial charge in [0.25, 0.3) is 0 Å². The van der Waals surface area contributed by atoms with E-state index in [1.807, 2.05) is 0 Å². The molecule has 188 valence electrons. The number of nitrogens with zero attached hydrogens (tertiary/aromatic N) is 4. The molecule has 3 aliphatic rings. The average Bonchev–Trinajstić information content (AvgIpc) is 3.61. The molecule has 2 unspecified atom stereocenters. The first-order valence-corrected chi connectivity index (χ1v) is 13.1. The number of cyclic esters (lactones) is 1. The molecule has 8 nitrogen and oxygen atoms in total. The first kappa shape index (κ1) is 24.0. The fourth-order valence-electron chi connectivity index (χ4n) is 5.19. The van der Waals surface area contributed by atoms with Crippen LogP contribution in [-0.2, 0) is 4.74 Å². The number of aromatic nitrogens is 2. The lowest BCUT2D eigenvalue weighted by molar-refractivity contribution is 0.160. The SMILES string of the molecule is CC(C)C1COC(=O)N1c1ccnc(N[C@@H](C)c2ccc(C(CC3CC3)N3CCNCC3)cc2)n1. The molecule has 0 spiro atoms. The maximum absolute atomic E-state index is 12.3. The lowest BCUT2D eigenvalue weighted by atomic mass is 9.96. The van der Waals surface area contributed by atoms with Crippen LogP contribution in [0.3, 0.4) is 0 Å². The lowest BCUT2D eigenvalue weighted by Crippen LogP contribution is -2.45. The van der Waals surface area contributed by atoms with Gasteiger partial charge in [0.1, 0.15) is 12.4 Å². The Kier molecular flexibility index (Phi) is 7.20. The van der Waals surface area contributed by atoms with Gasteiger partial charge in [-0.3, -0.25) is 9.80 Å². The van der Waals surface area contributed by atoms with Crippen molar-refractivity contribution in [3.8, 4) is 0 Å². The number of amides is 1. The first-order valence-electron chi connectivity index (χ1n) is 13.1. The minimum absolute atomic E-state index is 0.0190. The van der Waals surface area contributed by atoms with E-state index in [0.29, 0.717) is 24.4 Å². The third kappa shape index (κ3) is 5.59. The van der Waals surface area contributed by atoms with Crippen LogP contribution in [0.4, 0.5) is 16.6 Å². The molecule has 1 amide bonds. The molecule has 2 aromatic rings. The fraction of sp³-hybridized carbons (Fsp3) is 0.593. The largest absolute Gasteiger partial charge is 0.447 e. The minimum Gasteiger partial charge on any atom is -0.447 e. The zero-order valence-corrected chi connectivity index (χ0v) is 21.1. The van der Waals surface area contributed by atoms with Gasteiger partial charge in [-0.2, -0.15) is 4.98 Å². The normalized spacial score (nSPS) is 22.8. The van der Waals surface area contributed by atoms with E-state index in [1.54, 1.807) is 17.2 Å². The number of benzene rings is 1. The standard InChI is InChI=1S/C27H38N6O2/c1-18(2)24-17-35-27(34)33(24)25-10-11-29-26(31-25)30-19(3)21-6-8-22(9-7-21)23(16-20-4-5-20)32-14-12-28-13-15-32/h6-11,18-20,23-24,28H,4-5,12-17H2,1-3H3,(H,29,30,31)/t19-,23?,24?/m0/s1. The molecule has 0 bridgehead atoms. The molecule has 5 rings (SSSR count). The summed E-state index contributed by atoms with van der Waals surface area (Å²) >= 11 is 0. The summed E-state index contributed by atoms with van der Waals surface area (Å²) in [5.74, 6) is 2.25. The van der Waals surface area contributed by atoms with Gasteiger partial charge in [0.2, 0.25) is 5.95 Å². The quantitative estimate of drug-likeness (QED) is 0.553. The van der Waals surface area contributed by atoms with Gasteiger partial charge in [-0.25, -0.2) is 9.78 Å². The second-order valence-corrected chi connectivity index (χ2v) is 10.5. The Labute approximate surface area is 208 Å². The smallest absolute Gasteiger partial charge is 0.415 e. The van der Waals surface area contributed by atoms with Crippen LogP contribution in [-0.4, -0.2) is 59.8 Å². The maximum Gasteiger partial charge on any atom is 0.415 e. The Morgan fingerprint density at radius 2 is 1.80 bits per heavy atom. The monoisotopic (exact) mass is 478 g/mol. The van der Waals surface area contributed by atoms with Gasteiger partial charge in [0.15, 0.2) is 0 Å². The van der Waals surface area contributed by atoms with Crippen molar-refractivity contribution in [2.75, 3.05) is 43.0 Å². The van der Waals surface area contributed by atoms with Crippen LogP contribution in [0.2, 0.25) is 0 Å². The molecular weight excluding hydrogens is 440 g/mol. The lowest BCUT2D eigenvalue weighted by Gasteiger charge is -2.35. The number of nitrogens with one attached hydrogen (secondary N) is 2. The molecule has 2 N–H and O–H groups in total. The van der Waals surface area contributed by atoms with Crippen LogP contribution < -0.4 is 15.5 Å². The number of ether oxygens (including phenoxy) is 1. The van der Waals surface area contributed by atoms with Crippen molar-refractivity contribution in [3.63, 3.8) is 0 Å². The van der Waals surface area contributed by atoms with Gasteiger partial charge in [0, 0.05) is 38.4 Å². The van der Waals surface area contributed by atoms with E-state index in [0.717, 1.165) is 32.1 Å². The van der Waals surface area contributed by atoms with Crippen LogP contribution in [0.5, 0.6) is 0 Å². The molecule has 1 aromatic heterocycles. The van der Waals surface area contributed by atoms with Crippen molar-refractivity contribution in [2.45, 2.75) is 58.2 Å². The first-order chi connectivity index (χ1) is 17.0. The number of hydrogen-bond acceptors (Lipinski definition) is 7. The second kappa shape index (κ2) is 10.5. The highest BCUT2D eigenvalue weighted by Gasteiger charge is 2.37. The molecule has 1 saturated carbocycles. The van der Waals surface area contributed by atoms with Crippen molar-refractivity contribution in [1.82, 2.24) is 20.2 Å². The van der Waals surface area contributed by atoms with Crippen molar-refractivity contribution >= 4 is 17.9 Å². The third-order valence-corrected chi connectivity index (χ3v) is 7.58. The number of rotatable bonds is 9. The summed E-state index contributed by atoms with van der Waals surface area (Å²) < 4.78 is 5.29. The topological polar surface area (TPSA) is 82.6 Å². The van der Waals surface area contributed by atoms with Crippen molar-refractivity contribution in [2.24, 2.45) is 11.8 Å². The highest BCUT2D eigenvalue weighted by Crippen LogP contribution is 2.40. The van der Waals surface area contributed by atoms with Crippen LogP contribution in [0.1, 0.15) is 63.2 Å². The zero-order valence-electron chi connectivity index (χ0n) is 21.1. The number of hydrogen-bond donors (Lipinski definition) is 2. The van der Waals surface area contributed by atoms with E-state index in [-0.39, 0.29) is 24.1 Å². The van der Waals surface area contributed by atoms with Gasteiger partial charge in [0.05, 0.1) is 12.1 Å². The Morgan fingerprint density at radius 1 is 1.09 bits per heavy atom. The van der Waals surface area contributed by atoms with Gasteiger partial charge in [-0.15, -0.1) is 0 Å². The van der Waals surface area contributed by atoms with Crippen LogP contribution in [0.25, 0.3) is 0 Å². The van der Waals surface area contributed by atoms with E-state index >= 15 is 0 Å². The molecule has 1 aromatic carbocycles. The number of piperazine rings is 1. The number of carbonyl (C=O) groups excluding carboxylic acids is 1. The average molecular weight is 479 g/mol. The highest BCUT2D eigenvalue weighted by atomic mass is 16.6. The van der Waals surface area contributed by atoms with E-state index < -0.39 is 0 Å². The van der Waals surface area contributed by atoms with Gasteiger partial charge >= 0.3 is 6.09 Å². The summed E-state index contributed by atoms with van der Waals surface area (Å²) in [7, 11) is 0. The Morgan fingerprint density at radius 3 is 2.49 bits per heavy atom. The zero-order chi connectivity index (χ0) is 24.4. The third-order valence-electron chi connectivity index (χ3n) is 7.58. The summed E-state index contributed by atoms with van der Waals surface area (Å²) in [6.07, 6.45) is 5.38. The van der Waals surface area contributed by atoms with Gasteiger partial charge in [-0.05, 0) is 42.4 Å². The predicted molar refractivity (Wildman–Crippen MR) is 137 cm³/mol. The molecule has 3 atom stereocenters.